The van der Waals surface area contributed by atoms with Gasteiger partial charge in [-0.15, -0.1) is 0 Å². The molecular formula is C24H32N2O2. The van der Waals surface area contributed by atoms with E-state index in [0.29, 0.717) is 0 Å². The number of hydrogen-bond acceptors (Lipinski definition) is 2. The smallest absolute Gasteiger partial charge is 0.232 e. The Labute approximate surface area is 168 Å². The first-order valence-electron chi connectivity index (χ1n) is 11.0. The van der Waals surface area contributed by atoms with Gasteiger partial charge < -0.3 is 10.2 Å². The second-order valence-electron chi connectivity index (χ2n) is 11.0. The highest BCUT2D eigenvalue weighted by Crippen LogP contribution is 2.60. The molecule has 28 heavy (non-hydrogen) atoms. The second-order valence-corrected chi connectivity index (χ2v) is 11.0. The van der Waals surface area contributed by atoms with Crippen LogP contribution in [0.15, 0.2) is 18.2 Å². The van der Waals surface area contributed by atoms with Gasteiger partial charge in [0, 0.05) is 23.3 Å². The molecule has 2 amide bonds. The summed E-state index contributed by atoms with van der Waals surface area (Å²) >= 11 is 0. The minimum Gasteiger partial charge on any atom is -0.326 e. The van der Waals surface area contributed by atoms with E-state index < -0.39 is 5.41 Å². The van der Waals surface area contributed by atoms with E-state index in [4.69, 9.17) is 0 Å². The lowest BCUT2D eigenvalue weighted by atomic mass is 9.49. The van der Waals surface area contributed by atoms with Crippen LogP contribution >= 0.6 is 0 Å². The van der Waals surface area contributed by atoms with Crippen molar-refractivity contribution in [2.45, 2.75) is 65.7 Å². The minimum absolute atomic E-state index is 0.144. The SMILES string of the molecule is CC(C)(C)C(=O)N1CCc2ccc(NC(=O)C34CC5CC(CC(C5)C3)C4)cc21. The number of fused-ring (bicyclic) bond motifs is 1. The molecule has 0 spiro atoms. The van der Waals surface area contributed by atoms with Crippen LogP contribution in [0.25, 0.3) is 0 Å². The predicted octanol–water partition coefficient (Wildman–Crippen LogP) is 4.78. The fraction of sp³-hybridized carbons (Fsp3) is 0.667. The highest BCUT2D eigenvalue weighted by molar-refractivity contribution is 6.00. The summed E-state index contributed by atoms with van der Waals surface area (Å²) in [5, 5.41) is 3.25. The number of hydrogen-bond donors (Lipinski definition) is 1. The van der Waals surface area contributed by atoms with Crippen LogP contribution in [0.3, 0.4) is 0 Å². The van der Waals surface area contributed by atoms with Crippen LogP contribution in [0.5, 0.6) is 0 Å². The topological polar surface area (TPSA) is 49.4 Å². The Morgan fingerprint density at radius 3 is 2.21 bits per heavy atom. The van der Waals surface area contributed by atoms with Crippen LogP contribution in [-0.2, 0) is 16.0 Å². The maximum atomic E-state index is 13.3. The quantitative estimate of drug-likeness (QED) is 0.803. The number of carbonyl (C=O) groups excluding carboxylic acids is 2. The van der Waals surface area contributed by atoms with Gasteiger partial charge in [0.15, 0.2) is 0 Å². The lowest BCUT2D eigenvalue weighted by molar-refractivity contribution is -0.140. The van der Waals surface area contributed by atoms with Crippen LogP contribution in [0.2, 0.25) is 0 Å². The van der Waals surface area contributed by atoms with Gasteiger partial charge in [0.1, 0.15) is 0 Å². The van der Waals surface area contributed by atoms with Crippen molar-refractivity contribution in [2.24, 2.45) is 28.6 Å². The largest absolute Gasteiger partial charge is 0.326 e. The van der Waals surface area contributed by atoms with Gasteiger partial charge >= 0.3 is 0 Å². The molecule has 150 valence electrons. The molecule has 4 saturated carbocycles. The first-order chi connectivity index (χ1) is 13.2. The molecule has 5 aliphatic rings. The van der Waals surface area contributed by atoms with Crippen molar-refractivity contribution < 1.29 is 9.59 Å². The summed E-state index contributed by atoms with van der Waals surface area (Å²) in [7, 11) is 0. The van der Waals surface area contributed by atoms with E-state index in [9.17, 15) is 9.59 Å². The summed E-state index contributed by atoms with van der Waals surface area (Å²) in [6, 6.07) is 6.12. The summed E-state index contributed by atoms with van der Waals surface area (Å²) in [5.74, 6) is 2.65. The van der Waals surface area contributed by atoms with Crippen LogP contribution in [-0.4, -0.2) is 18.4 Å². The molecule has 1 heterocycles. The highest BCUT2D eigenvalue weighted by atomic mass is 16.2. The van der Waals surface area contributed by atoms with Crippen molar-refractivity contribution >= 4 is 23.2 Å². The van der Waals surface area contributed by atoms with Gasteiger partial charge in [0.2, 0.25) is 11.8 Å². The van der Waals surface area contributed by atoms with E-state index in [1.165, 1.54) is 24.8 Å². The summed E-state index contributed by atoms with van der Waals surface area (Å²) in [6.07, 6.45) is 8.14. The van der Waals surface area contributed by atoms with Gasteiger partial charge in [0.25, 0.3) is 0 Å². The lowest BCUT2D eigenvalue weighted by Crippen LogP contribution is -2.51. The van der Waals surface area contributed by atoms with E-state index in [0.717, 1.165) is 61.4 Å². The van der Waals surface area contributed by atoms with E-state index in [1.807, 2.05) is 37.8 Å². The third-order valence-corrected chi connectivity index (χ3v) is 7.65. The molecule has 4 nitrogen and oxygen atoms in total. The van der Waals surface area contributed by atoms with E-state index >= 15 is 0 Å². The van der Waals surface area contributed by atoms with E-state index in [2.05, 4.69) is 11.4 Å². The molecule has 1 aliphatic heterocycles. The van der Waals surface area contributed by atoms with Gasteiger partial charge in [0.05, 0.1) is 5.41 Å². The molecule has 0 aromatic heterocycles. The Morgan fingerprint density at radius 1 is 1.04 bits per heavy atom. The van der Waals surface area contributed by atoms with Crippen molar-refractivity contribution in [3.8, 4) is 0 Å². The minimum atomic E-state index is -0.403. The van der Waals surface area contributed by atoms with Gasteiger partial charge in [-0.3, -0.25) is 9.59 Å². The molecule has 1 aromatic carbocycles. The maximum Gasteiger partial charge on any atom is 0.232 e. The molecule has 0 saturated heterocycles. The Hall–Kier alpha value is -1.84. The summed E-state index contributed by atoms with van der Waals surface area (Å²) in [5.41, 5.74) is 2.47. The zero-order valence-electron chi connectivity index (χ0n) is 17.4. The van der Waals surface area contributed by atoms with Crippen LogP contribution in [0.4, 0.5) is 11.4 Å². The summed E-state index contributed by atoms with van der Waals surface area (Å²) in [6.45, 7) is 6.63. The third-order valence-electron chi connectivity index (χ3n) is 7.65. The first kappa shape index (κ1) is 18.2. The number of rotatable bonds is 2. The molecule has 4 bridgehead atoms. The molecule has 1 N–H and O–H groups in total. The third kappa shape index (κ3) is 2.87. The molecule has 6 rings (SSSR count). The monoisotopic (exact) mass is 380 g/mol. The van der Waals surface area contributed by atoms with Crippen LogP contribution in [0, 0.1) is 28.6 Å². The highest BCUT2D eigenvalue weighted by Gasteiger charge is 2.54. The summed E-state index contributed by atoms with van der Waals surface area (Å²) < 4.78 is 0. The van der Waals surface area contributed by atoms with Crippen molar-refractivity contribution in [2.75, 3.05) is 16.8 Å². The average molecular weight is 381 g/mol. The standard InChI is InChI=1S/C24H32N2O2/c1-23(2,3)22(28)26-7-6-18-4-5-19(11-20(18)26)25-21(27)24-12-15-8-16(13-24)10-17(9-15)14-24/h4-5,11,15-17H,6-10,12-14H2,1-3H3,(H,25,27). The number of benzene rings is 1. The van der Waals surface area contributed by atoms with Gasteiger partial charge in [-0.05, 0) is 80.4 Å². The zero-order chi connectivity index (χ0) is 19.7. The number of amides is 2. The van der Waals surface area contributed by atoms with Gasteiger partial charge in [-0.25, -0.2) is 0 Å². The van der Waals surface area contributed by atoms with Crippen LogP contribution in [0.1, 0.15) is 64.9 Å². The van der Waals surface area contributed by atoms with Gasteiger partial charge in [-0.2, -0.15) is 0 Å². The van der Waals surface area contributed by atoms with Crippen molar-refractivity contribution in [3.63, 3.8) is 0 Å². The Bertz CT molecular complexity index is 800. The Morgan fingerprint density at radius 2 is 1.64 bits per heavy atom. The fourth-order valence-electron chi connectivity index (χ4n) is 6.73. The molecule has 0 unspecified atom stereocenters. The first-order valence-corrected chi connectivity index (χ1v) is 11.0. The average Bonchev–Trinajstić information content (AvgIpc) is 3.02. The molecule has 0 atom stereocenters. The predicted molar refractivity (Wildman–Crippen MR) is 111 cm³/mol. The molecule has 0 radical (unpaired) electrons. The van der Waals surface area contributed by atoms with Crippen molar-refractivity contribution in [1.29, 1.82) is 0 Å². The fourth-order valence-corrected chi connectivity index (χ4v) is 6.73. The zero-order valence-corrected chi connectivity index (χ0v) is 17.4. The molecule has 4 fully saturated rings. The van der Waals surface area contributed by atoms with Gasteiger partial charge in [-0.1, -0.05) is 26.8 Å². The Balaban J connectivity index is 1.37. The molecule has 1 aromatic rings. The number of nitrogens with zero attached hydrogens (tertiary/aromatic N) is 1. The van der Waals surface area contributed by atoms with Crippen molar-refractivity contribution in [3.05, 3.63) is 23.8 Å². The normalized spacial score (nSPS) is 33.1. The number of carbonyl (C=O) groups is 2. The lowest BCUT2D eigenvalue weighted by Gasteiger charge is -2.55. The molecule has 4 heteroatoms. The second kappa shape index (κ2) is 6.08. The van der Waals surface area contributed by atoms with Crippen LogP contribution < -0.4 is 10.2 Å². The number of nitrogens with one attached hydrogen (secondary N) is 1. The summed E-state index contributed by atoms with van der Waals surface area (Å²) in [4.78, 5) is 28.1. The molecular weight excluding hydrogens is 348 g/mol. The van der Waals surface area contributed by atoms with E-state index in [1.54, 1.807) is 0 Å². The maximum absolute atomic E-state index is 13.3. The molecule has 4 aliphatic carbocycles. The van der Waals surface area contributed by atoms with E-state index in [-0.39, 0.29) is 17.2 Å². The van der Waals surface area contributed by atoms with Crippen molar-refractivity contribution in [1.82, 2.24) is 0 Å². The Kier molecular flexibility index (Phi) is 3.95. The number of anilines is 2.